The molecule has 0 unspecified atom stereocenters. The third-order valence-corrected chi connectivity index (χ3v) is 4.60. The topological polar surface area (TPSA) is 75.8 Å². The normalized spacial score (nSPS) is 15.0. The Labute approximate surface area is 161 Å². The maximum Gasteiger partial charge on any atom is 0.417 e. The Hall–Kier alpha value is -2.75. The number of furan rings is 1. The molecule has 0 bridgehead atoms. The number of pyridine rings is 1. The van der Waals surface area contributed by atoms with E-state index in [-0.39, 0.29) is 37.8 Å². The number of halogens is 4. The van der Waals surface area contributed by atoms with E-state index < -0.39 is 34.8 Å². The van der Waals surface area contributed by atoms with Crippen molar-refractivity contribution in [3.8, 4) is 0 Å². The van der Waals surface area contributed by atoms with Gasteiger partial charge in [0.1, 0.15) is 11.6 Å². The molecule has 1 aliphatic heterocycles. The highest BCUT2D eigenvalue weighted by atomic mass is 35.5. The number of amides is 2. The van der Waals surface area contributed by atoms with E-state index in [4.69, 9.17) is 16.0 Å². The number of carbonyl (C=O) groups is 2. The van der Waals surface area contributed by atoms with Crippen molar-refractivity contribution in [3.05, 3.63) is 57.4 Å². The van der Waals surface area contributed by atoms with Crippen LogP contribution in [0.1, 0.15) is 16.1 Å². The van der Waals surface area contributed by atoms with Crippen LogP contribution in [-0.2, 0) is 17.5 Å². The highest BCUT2D eigenvalue weighted by molar-refractivity contribution is 6.30. The average Bonchev–Trinajstić information content (AvgIpc) is 3.18. The first-order chi connectivity index (χ1) is 13.2. The van der Waals surface area contributed by atoms with Gasteiger partial charge in [-0.2, -0.15) is 13.2 Å². The lowest BCUT2D eigenvalue weighted by Crippen LogP contribution is -2.51. The molecule has 7 nitrogen and oxygen atoms in total. The number of hydrogen-bond acceptors (Lipinski definition) is 4. The summed E-state index contributed by atoms with van der Waals surface area (Å²) in [6.45, 7) is 0.279. The molecule has 2 amide bonds. The van der Waals surface area contributed by atoms with Crippen LogP contribution in [0.3, 0.4) is 0 Å². The minimum Gasteiger partial charge on any atom is -0.459 e. The second-order valence-electron chi connectivity index (χ2n) is 6.16. The zero-order valence-corrected chi connectivity index (χ0v) is 15.2. The lowest BCUT2D eigenvalue weighted by Gasteiger charge is -2.34. The van der Waals surface area contributed by atoms with E-state index >= 15 is 0 Å². The van der Waals surface area contributed by atoms with E-state index in [1.807, 2.05) is 0 Å². The van der Waals surface area contributed by atoms with Crippen LogP contribution >= 0.6 is 11.6 Å². The Morgan fingerprint density at radius 1 is 1.14 bits per heavy atom. The molecule has 11 heteroatoms. The van der Waals surface area contributed by atoms with E-state index in [2.05, 4.69) is 0 Å². The number of nitrogens with zero attached hydrogens (tertiary/aromatic N) is 3. The summed E-state index contributed by atoms with van der Waals surface area (Å²) in [5.74, 6) is -0.662. The SMILES string of the molecule is O=C(Cn1cc(C(F)(F)F)cc(Cl)c1=O)N1CCN(C(=O)c2ccco2)CC1. The lowest BCUT2D eigenvalue weighted by atomic mass is 10.2. The van der Waals surface area contributed by atoms with Crippen LogP contribution in [0.15, 0.2) is 39.9 Å². The van der Waals surface area contributed by atoms with E-state index in [0.29, 0.717) is 16.8 Å². The first-order valence-electron chi connectivity index (χ1n) is 8.24. The highest BCUT2D eigenvalue weighted by Crippen LogP contribution is 2.29. The minimum absolute atomic E-state index is 0.185. The molecule has 2 aromatic rings. The molecular weight excluding hydrogens is 403 g/mol. The summed E-state index contributed by atoms with van der Waals surface area (Å²) in [6, 6.07) is 3.65. The number of carbonyl (C=O) groups excluding carboxylic acids is 2. The van der Waals surface area contributed by atoms with E-state index in [1.54, 1.807) is 6.07 Å². The zero-order valence-electron chi connectivity index (χ0n) is 14.4. The fourth-order valence-electron chi connectivity index (χ4n) is 2.83. The molecule has 1 saturated heterocycles. The molecule has 1 aliphatic rings. The maximum atomic E-state index is 12.9. The van der Waals surface area contributed by atoms with Crippen molar-refractivity contribution in [3.63, 3.8) is 0 Å². The molecule has 1 fully saturated rings. The number of piperazine rings is 1. The largest absolute Gasteiger partial charge is 0.459 e. The molecule has 0 radical (unpaired) electrons. The van der Waals surface area contributed by atoms with Gasteiger partial charge in [0, 0.05) is 32.4 Å². The molecule has 0 N–H and O–H groups in total. The van der Waals surface area contributed by atoms with Gasteiger partial charge in [-0.15, -0.1) is 0 Å². The monoisotopic (exact) mass is 417 g/mol. The zero-order chi connectivity index (χ0) is 20.5. The molecule has 3 heterocycles. The quantitative estimate of drug-likeness (QED) is 0.766. The summed E-state index contributed by atoms with van der Waals surface area (Å²) in [5.41, 5.74) is -1.99. The Kier molecular flexibility index (Phi) is 5.50. The predicted octanol–water partition coefficient (Wildman–Crippen LogP) is 2.10. The van der Waals surface area contributed by atoms with Crippen molar-refractivity contribution in [2.45, 2.75) is 12.7 Å². The molecule has 0 aliphatic carbocycles. The fraction of sp³-hybridized carbons (Fsp3) is 0.353. The average molecular weight is 418 g/mol. The molecule has 3 rings (SSSR count). The van der Waals surface area contributed by atoms with Crippen LogP contribution in [0, 0.1) is 0 Å². The van der Waals surface area contributed by atoms with Gasteiger partial charge in [0.2, 0.25) is 5.91 Å². The predicted molar refractivity (Wildman–Crippen MR) is 91.9 cm³/mol. The van der Waals surface area contributed by atoms with Crippen LogP contribution in [0.5, 0.6) is 0 Å². The molecule has 0 atom stereocenters. The maximum absolute atomic E-state index is 12.9. The molecule has 0 saturated carbocycles. The number of rotatable bonds is 3. The summed E-state index contributed by atoms with van der Waals surface area (Å²) in [6.07, 6.45) is -2.74. The van der Waals surface area contributed by atoms with Gasteiger partial charge in [0.15, 0.2) is 5.76 Å². The third-order valence-electron chi connectivity index (χ3n) is 4.33. The van der Waals surface area contributed by atoms with Gasteiger partial charge < -0.3 is 18.8 Å². The second-order valence-corrected chi connectivity index (χ2v) is 6.57. The molecule has 2 aromatic heterocycles. The fourth-order valence-corrected chi connectivity index (χ4v) is 3.06. The molecule has 150 valence electrons. The van der Waals surface area contributed by atoms with Crippen molar-refractivity contribution < 1.29 is 27.2 Å². The standard InChI is InChI=1S/C17H15ClF3N3O4/c18-12-8-11(17(19,20)21)9-24(15(12)26)10-14(25)22-3-5-23(6-4-22)16(27)13-2-1-7-28-13/h1-2,7-9H,3-6,10H2. The molecular formula is C17H15ClF3N3O4. The van der Waals surface area contributed by atoms with Crippen LogP contribution in [0.2, 0.25) is 5.02 Å². The third kappa shape index (κ3) is 4.22. The summed E-state index contributed by atoms with van der Waals surface area (Å²) in [7, 11) is 0. The number of alkyl halides is 3. The van der Waals surface area contributed by atoms with Crippen molar-refractivity contribution in [1.29, 1.82) is 0 Å². The summed E-state index contributed by atoms with van der Waals surface area (Å²) < 4.78 is 44.4. The Bertz CT molecular complexity index is 932. The van der Waals surface area contributed by atoms with Gasteiger partial charge in [-0.25, -0.2) is 0 Å². The summed E-state index contributed by atoms with van der Waals surface area (Å²) in [4.78, 5) is 39.5. The minimum atomic E-state index is -4.69. The van der Waals surface area contributed by atoms with E-state index in [0.717, 1.165) is 0 Å². The summed E-state index contributed by atoms with van der Waals surface area (Å²) >= 11 is 5.59. The number of hydrogen-bond donors (Lipinski definition) is 0. The molecule has 0 aromatic carbocycles. The van der Waals surface area contributed by atoms with Crippen molar-refractivity contribution in [2.24, 2.45) is 0 Å². The number of aromatic nitrogens is 1. The Balaban J connectivity index is 1.66. The van der Waals surface area contributed by atoms with Gasteiger partial charge in [-0.1, -0.05) is 11.6 Å². The van der Waals surface area contributed by atoms with Gasteiger partial charge in [-0.05, 0) is 18.2 Å². The van der Waals surface area contributed by atoms with Gasteiger partial charge in [0.25, 0.3) is 11.5 Å². The molecule has 28 heavy (non-hydrogen) atoms. The van der Waals surface area contributed by atoms with Gasteiger partial charge in [-0.3, -0.25) is 14.4 Å². The smallest absolute Gasteiger partial charge is 0.417 e. The first kappa shape index (κ1) is 20.0. The van der Waals surface area contributed by atoms with Crippen LogP contribution in [0.25, 0.3) is 0 Å². The van der Waals surface area contributed by atoms with Gasteiger partial charge >= 0.3 is 6.18 Å². The van der Waals surface area contributed by atoms with Gasteiger partial charge in [0.05, 0.1) is 11.8 Å². The van der Waals surface area contributed by atoms with Crippen LogP contribution in [0.4, 0.5) is 13.2 Å². The molecule has 0 spiro atoms. The first-order valence-corrected chi connectivity index (χ1v) is 8.62. The highest BCUT2D eigenvalue weighted by Gasteiger charge is 2.32. The lowest BCUT2D eigenvalue weighted by molar-refractivity contribution is -0.139. The second kappa shape index (κ2) is 7.70. The van der Waals surface area contributed by atoms with E-state index in [1.165, 1.54) is 22.1 Å². The van der Waals surface area contributed by atoms with Crippen molar-refractivity contribution in [2.75, 3.05) is 26.2 Å². The van der Waals surface area contributed by atoms with E-state index in [9.17, 15) is 27.6 Å². The van der Waals surface area contributed by atoms with Crippen molar-refractivity contribution >= 4 is 23.4 Å². The van der Waals surface area contributed by atoms with Crippen LogP contribution in [-0.4, -0.2) is 52.4 Å². The Morgan fingerprint density at radius 2 is 1.79 bits per heavy atom. The van der Waals surface area contributed by atoms with Crippen molar-refractivity contribution in [1.82, 2.24) is 14.4 Å². The van der Waals surface area contributed by atoms with Crippen LogP contribution < -0.4 is 5.56 Å². The Morgan fingerprint density at radius 3 is 2.36 bits per heavy atom. The summed E-state index contributed by atoms with van der Waals surface area (Å²) in [5, 5.41) is -0.614.